The molecule has 1 saturated heterocycles. The van der Waals surface area contributed by atoms with Crippen molar-refractivity contribution in [3.8, 4) is 0 Å². The summed E-state index contributed by atoms with van der Waals surface area (Å²) in [5.41, 5.74) is 0.764. The third-order valence-corrected chi connectivity index (χ3v) is 3.28. The van der Waals surface area contributed by atoms with E-state index in [0.29, 0.717) is 26.3 Å². The zero-order valence-electron chi connectivity index (χ0n) is 9.99. The second kappa shape index (κ2) is 5.69. The van der Waals surface area contributed by atoms with Gasteiger partial charge in [0.05, 0.1) is 13.2 Å². The van der Waals surface area contributed by atoms with Gasteiger partial charge in [0.25, 0.3) is 5.91 Å². The highest BCUT2D eigenvalue weighted by Crippen LogP contribution is 2.17. The minimum atomic E-state index is 0.104. The minimum absolute atomic E-state index is 0.104. The van der Waals surface area contributed by atoms with E-state index in [4.69, 9.17) is 4.74 Å². The Morgan fingerprint density at radius 3 is 2.82 bits per heavy atom. The van der Waals surface area contributed by atoms with Gasteiger partial charge in [-0.2, -0.15) is 0 Å². The Labute approximate surface area is 110 Å². The van der Waals surface area contributed by atoms with E-state index < -0.39 is 0 Å². The topological polar surface area (TPSA) is 34.5 Å². The van der Waals surface area contributed by atoms with E-state index in [2.05, 4.69) is 22.9 Å². The quantitative estimate of drug-likeness (QED) is 0.857. The number of ether oxygens (including phenoxy) is 1. The fraction of sp³-hybridized carbons (Fsp3) is 0.583. The SMILES string of the molecule is CCCn1cc(Br)cc1C(=O)N1CCOCC1. The molecule has 94 valence electrons. The molecular formula is C12H17BrN2O2. The van der Waals surface area contributed by atoms with Crippen molar-refractivity contribution in [1.82, 2.24) is 9.47 Å². The molecule has 0 N–H and O–H groups in total. The highest BCUT2D eigenvalue weighted by molar-refractivity contribution is 9.10. The number of aryl methyl sites for hydroxylation is 1. The van der Waals surface area contributed by atoms with E-state index in [9.17, 15) is 4.79 Å². The molecule has 0 spiro atoms. The van der Waals surface area contributed by atoms with Crippen LogP contribution in [0.4, 0.5) is 0 Å². The van der Waals surface area contributed by atoms with Crippen LogP contribution in [0, 0.1) is 0 Å². The molecule has 1 aromatic heterocycles. The molecule has 17 heavy (non-hydrogen) atoms. The van der Waals surface area contributed by atoms with Crippen LogP contribution in [0.5, 0.6) is 0 Å². The van der Waals surface area contributed by atoms with Gasteiger partial charge in [-0.1, -0.05) is 6.92 Å². The number of rotatable bonds is 3. The molecule has 0 aromatic carbocycles. The van der Waals surface area contributed by atoms with Crippen molar-refractivity contribution in [2.75, 3.05) is 26.3 Å². The van der Waals surface area contributed by atoms with Crippen molar-refractivity contribution in [2.24, 2.45) is 0 Å². The Morgan fingerprint density at radius 2 is 2.18 bits per heavy atom. The molecule has 4 nitrogen and oxygen atoms in total. The number of nitrogens with zero attached hydrogens (tertiary/aromatic N) is 2. The van der Waals surface area contributed by atoms with Crippen LogP contribution in [0.3, 0.4) is 0 Å². The smallest absolute Gasteiger partial charge is 0.270 e. The van der Waals surface area contributed by atoms with Crippen molar-refractivity contribution in [2.45, 2.75) is 19.9 Å². The summed E-state index contributed by atoms with van der Waals surface area (Å²) in [6.45, 7) is 5.64. The van der Waals surface area contributed by atoms with E-state index in [-0.39, 0.29) is 5.91 Å². The van der Waals surface area contributed by atoms with Crippen molar-refractivity contribution in [3.05, 3.63) is 22.4 Å². The summed E-state index contributed by atoms with van der Waals surface area (Å²) in [5.74, 6) is 0.104. The Hall–Kier alpha value is -0.810. The van der Waals surface area contributed by atoms with Crippen LogP contribution in [0.1, 0.15) is 23.8 Å². The molecule has 0 unspecified atom stereocenters. The van der Waals surface area contributed by atoms with Crippen molar-refractivity contribution < 1.29 is 9.53 Å². The van der Waals surface area contributed by atoms with Crippen molar-refractivity contribution >= 4 is 21.8 Å². The number of morpholine rings is 1. The number of aromatic nitrogens is 1. The molecule has 0 atom stereocenters. The van der Waals surface area contributed by atoms with Gasteiger partial charge in [0.2, 0.25) is 0 Å². The molecule has 1 fully saturated rings. The number of carbonyl (C=O) groups is 1. The summed E-state index contributed by atoms with van der Waals surface area (Å²) in [7, 11) is 0. The monoisotopic (exact) mass is 300 g/mol. The zero-order valence-corrected chi connectivity index (χ0v) is 11.6. The lowest BCUT2D eigenvalue weighted by molar-refractivity contribution is 0.0296. The van der Waals surface area contributed by atoms with Gasteiger partial charge in [0.15, 0.2) is 0 Å². The second-order valence-corrected chi connectivity index (χ2v) is 5.06. The summed E-state index contributed by atoms with van der Waals surface area (Å²) >= 11 is 3.43. The van der Waals surface area contributed by atoms with E-state index in [1.54, 1.807) is 0 Å². The lowest BCUT2D eigenvalue weighted by Crippen LogP contribution is -2.41. The summed E-state index contributed by atoms with van der Waals surface area (Å²) in [6, 6.07) is 1.90. The molecular weight excluding hydrogens is 284 g/mol. The fourth-order valence-electron chi connectivity index (χ4n) is 2.01. The van der Waals surface area contributed by atoms with E-state index in [0.717, 1.165) is 23.1 Å². The van der Waals surface area contributed by atoms with Crippen LogP contribution < -0.4 is 0 Å². The normalized spacial score (nSPS) is 16.2. The molecule has 0 radical (unpaired) electrons. The number of hydrogen-bond donors (Lipinski definition) is 0. The van der Waals surface area contributed by atoms with Gasteiger partial charge in [0.1, 0.15) is 5.69 Å². The maximum atomic E-state index is 12.3. The van der Waals surface area contributed by atoms with Gasteiger partial charge in [-0.25, -0.2) is 0 Å². The first-order chi connectivity index (χ1) is 8.22. The largest absolute Gasteiger partial charge is 0.378 e. The van der Waals surface area contributed by atoms with Gasteiger partial charge in [-0.05, 0) is 28.4 Å². The standard InChI is InChI=1S/C12H17BrN2O2/c1-2-3-15-9-10(13)8-11(15)12(16)14-4-6-17-7-5-14/h8-9H,2-7H2,1H3. The van der Waals surface area contributed by atoms with Gasteiger partial charge >= 0.3 is 0 Å². The average molecular weight is 301 g/mol. The molecule has 1 aromatic rings. The molecule has 0 saturated carbocycles. The zero-order chi connectivity index (χ0) is 12.3. The van der Waals surface area contributed by atoms with Gasteiger partial charge in [0, 0.05) is 30.3 Å². The van der Waals surface area contributed by atoms with Gasteiger partial charge < -0.3 is 14.2 Å². The first kappa shape index (κ1) is 12.6. The van der Waals surface area contributed by atoms with E-state index >= 15 is 0 Å². The summed E-state index contributed by atoms with van der Waals surface area (Å²) in [4.78, 5) is 14.2. The molecule has 1 amide bonds. The third-order valence-electron chi connectivity index (χ3n) is 2.85. The van der Waals surface area contributed by atoms with Crippen molar-refractivity contribution in [3.63, 3.8) is 0 Å². The molecule has 2 rings (SSSR count). The van der Waals surface area contributed by atoms with Crippen LogP contribution in [0.2, 0.25) is 0 Å². The lowest BCUT2D eigenvalue weighted by Gasteiger charge is -2.27. The molecule has 0 bridgehead atoms. The second-order valence-electron chi connectivity index (χ2n) is 4.14. The average Bonchev–Trinajstić information content (AvgIpc) is 2.71. The summed E-state index contributed by atoms with van der Waals surface area (Å²) in [5, 5.41) is 0. The number of amides is 1. The fourth-order valence-corrected chi connectivity index (χ4v) is 2.47. The van der Waals surface area contributed by atoms with Crippen LogP contribution in [-0.2, 0) is 11.3 Å². The third kappa shape index (κ3) is 2.90. The highest BCUT2D eigenvalue weighted by atomic mass is 79.9. The molecule has 2 heterocycles. The Bertz CT molecular complexity index is 397. The first-order valence-corrected chi connectivity index (χ1v) is 6.74. The van der Waals surface area contributed by atoms with Crippen LogP contribution >= 0.6 is 15.9 Å². The predicted octanol–water partition coefficient (Wildman–Crippen LogP) is 2.13. The van der Waals surface area contributed by atoms with Crippen LogP contribution in [-0.4, -0.2) is 41.7 Å². The molecule has 1 aliphatic rings. The van der Waals surface area contributed by atoms with Gasteiger partial charge in [-0.3, -0.25) is 4.79 Å². The van der Waals surface area contributed by atoms with Crippen molar-refractivity contribution in [1.29, 1.82) is 0 Å². The first-order valence-electron chi connectivity index (χ1n) is 5.95. The van der Waals surface area contributed by atoms with Crippen LogP contribution in [0.15, 0.2) is 16.7 Å². The molecule has 1 aliphatic heterocycles. The van der Waals surface area contributed by atoms with Gasteiger partial charge in [-0.15, -0.1) is 0 Å². The Kier molecular flexibility index (Phi) is 4.23. The number of hydrogen-bond acceptors (Lipinski definition) is 2. The molecule has 0 aliphatic carbocycles. The summed E-state index contributed by atoms with van der Waals surface area (Å²) < 4.78 is 8.24. The minimum Gasteiger partial charge on any atom is -0.378 e. The Balaban J connectivity index is 2.16. The lowest BCUT2D eigenvalue weighted by atomic mass is 10.3. The number of carbonyl (C=O) groups excluding carboxylic acids is 1. The maximum Gasteiger partial charge on any atom is 0.270 e. The van der Waals surface area contributed by atoms with E-state index in [1.165, 1.54) is 0 Å². The number of halogens is 1. The molecule has 5 heteroatoms. The highest BCUT2D eigenvalue weighted by Gasteiger charge is 2.21. The Morgan fingerprint density at radius 1 is 1.47 bits per heavy atom. The summed E-state index contributed by atoms with van der Waals surface area (Å²) in [6.07, 6.45) is 2.99. The maximum absolute atomic E-state index is 12.3. The predicted molar refractivity (Wildman–Crippen MR) is 69.1 cm³/mol. The van der Waals surface area contributed by atoms with E-state index in [1.807, 2.05) is 21.7 Å². The van der Waals surface area contributed by atoms with Crippen LogP contribution in [0.25, 0.3) is 0 Å².